The Morgan fingerprint density at radius 3 is 2.75 bits per heavy atom. The molecule has 1 aromatic rings. The van der Waals surface area contributed by atoms with Gasteiger partial charge in [0, 0.05) is 17.6 Å². The molecule has 1 saturated heterocycles. The minimum Gasteiger partial charge on any atom is -0.396 e. The Bertz CT molecular complexity index is 623. The molecule has 20 heavy (non-hydrogen) atoms. The SMILES string of the molecule is CC1CN(S(=O)(=O)c2cc(N)c(F)cc2Br)CCC1O. The van der Waals surface area contributed by atoms with Gasteiger partial charge in [-0.05, 0) is 40.4 Å². The smallest absolute Gasteiger partial charge is 0.244 e. The molecule has 2 atom stereocenters. The van der Waals surface area contributed by atoms with Crippen LogP contribution in [0.1, 0.15) is 13.3 Å². The number of nitrogens with two attached hydrogens (primary N) is 1. The second kappa shape index (κ2) is 5.59. The number of aliphatic hydroxyl groups is 1. The molecular formula is C12H16BrFN2O3S. The van der Waals surface area contributed by atoms with E-state index in [-0.39, 0.29) is 34.1 Å². The van der Waals surface area contributed by atoms with Crippen LogP contribution in [0, 0.1) is 11.7 Å². The monoisotopic (exact) mass is 366 g/mol. The van der Waals surface area contributed by atoms with Crippen molar-refractivity contribution in [1.82, 2.24) is 4.31 Å². The molecule has 0 amide bonds. The first-order chi connectivity index (χ1) is 9.23. The Balaban J connectivity index is 2.38. The van der Waals surface area contributed by atoms with Crippen LogP contribution in [0.3, 0.4) is 0 Å². The number of piperidine rings is 1. The van der Waals surface area contributed by atoms with Gasteiger partial charge in [0.05, 0.1) is 16.7 Å². The molecule has 0 radical (unpaired) electrons. The highest BCUT2D eigenvalue weighted by Gasteiger charge is 2.34. The van der Waals surface area contributed by atoms with Gasteiger partial charge in [0.1, 0.15) is 5.82 Å². The number of nitrogen functional groups attached to an aromatic ring is 1. The number of nitrogens with zero attached hydrogens (tertiary/aromatic N) is 1. The third-order valence-corrected chi connectivity index (χ3v) is 6.32. The average Bonchev–Trinajstić information content (AvgIpc) is 2.36. The van der Waals surface area contributed by atoms with Crippen molar-refractivity contribution in [3.8, 4) is 0 Å². The van der Waals surface area contributed by atoms with Crippen molar-refractivity contribution in [1.29, 1.82) is 0 Å². The number of benzene rings is 1. The van der Waals surface area contributed by atoms with E-state index in [0.29, 0.717) is 6.42 Å². The lowest BCUT2D eigenvalue weighted by molar-refractivity contribution is 0.0628. The van der Waals surface area contributed by atoms with Gasteiger partial charge in [-0.3, -0.25) is 0 Å². The molecule has 2 unspecified atom stereocenters. The van der Waals surface area contributed by atoms with E-state index in [0.717, 1.165) is 12.1 Å². The van der Waals surface area contributed by atoms with E-state index in [1.165, 1.54) is 4.31 Å². The van der Waals surface area contributed by atoms with Gasteiger partial charge in [0.25, 0.3) is 0 Å². The van der Waals surface area contributed by atoms with Crippen LogP contribution in [0.15, 0.2) is 21.5 Å². The lowest BCUT2D eigenvalue weighted by atomic mass is 9.99. The molecule has 1 aliphatic heterocycles. The van der Waals surface area contributed by atoms with E-state index in [9.17, 15) is 17.9 Å². The van der Waals surface area contributed by atoms with E-state index < -0.39 is 21.9 Å². The molecule has 1 fully saturated rings. The fourth-order valence-electron chi connectivity index (χ4n) is 2.19. The Labute approximate surface area is 125 Å². The minimum absolute atomic E-state index is 0.0556. The number of hydrogen-bond acceptors (Lipinski definition) is 4. The van der Waals surface area contributed by atoms with Gasteiger partial charge in [0.2, 0.25) is 10.0 Å². The summed E-state index contributed by atoms with van der Waals surface area (Å²) in [7, 11) is -3.76. The molecule has 0 aromatic heterocycles. The fraction of sp³-hybridized carbons (Fsp3) is 0.500. The van der Waals surface area contributed by atoms with E-state index in [4.69, 9.17) is 5.73 Å². The summed E-state index contributed by atoms with van der Waals surface area (Å²) < 4.78 is 39.9. The van der Waals surface area contributed by atoms with Crippen molar-refractivity contribution in [2.75, 3.05) is 18.8 Å². The van der Waals surface area contributed by atoms with Crippen LogP contribution in [0.4, 0.5) is 10.1 Å². The molecule has 2 rings (SSSR count). The Morgan fingerprint density at radius 2 is 2.15 bits per heavy atom. The minimum atomic E-state index is -3.76. The van der Waals surface area contributed by atoms with Crippen LogP contribution in [0.2, 0.25) is 0 Å². The fourth-order valence-corrected chi connectivity index (χ4v) is 4.76. The maximum Gasteiger partial charge on any atom is 0.244 e. The average molecular weight is 367 g/mol. The molecule has 0 bridgehead atoms. The van der Waals surface area contributed by atoms with Crippen molar-refractivity contribution in [3.63, 3.8) is 0 Å². The normalized spacial score (nSPS) is 24.8. The van der Waals surface area contributed by atoms with Crippen LogP contribution in [0.5, 0.6) is 0 Å². The second-order valence-electron chi connectivity index (χ2n) is 5.00. The highest BCUT2D eigenvalue weighted by molar-refractivity contribution is 9.10. The molecular weight excluding hydrogens is 351 g/mol. The number of halogens is 2. The highest BCUT2D eigenvalue weighted by atomic mass is 79.9. The standard InChI is InChI=1S/C12H16BrFN2O3S/c1-7-6-16(3-2-11(7)17)20(18,19)12-5-10(15)9(14)4-8(12)13/h4-5,7,11,17H,2-3,6,15H2,1H3. The van der Waals surface area contributed by atoms with Crippen LogP contribution in [0.25, 0.3) is 0 Å². The lowest BCUT2D eigenvalue weighted by Crippen LogP contribution is -2.44. The van der Waals surface area contributed by atoms with Gasteiger partial charge in [-0.1, -0.05) is 6.92 Å². The highest BCUT2D eigenvalue weighted by Crippen LogP contribution is 2.31. The zero-order chi connectivity index (χ0) is 15.1. The van der Waals surface area contributed by atoms with Gasteiger partial charge >= 0.3 is 0 Å². The van der Waals surface area contributed by atoms with Crippen LogP contribution in [-0.4, -0.2) is 37.0 Å². The molecule has 1 heterocycles. The molecule has 5 nitrogen and oxygen atoms in total. The Hall–Kier alpha value is -0.700. The number of hydrogen-bond donors (Lipinski definition) is 2. The van der Waals surface area contributed by atoms with Crippen molar-refractivity contribution in [2.45, 2.75) is 24.3 Å². The summed E-state index contributed by atoms with van der Waals surface area (Å²) in [5.41, 5.74) is 5.24. The molecule has 1 aromatic carbocycles. The Morgan fingerprint density at radius 1 is 1.50 bits per heavy atom. The number of aliphatic hydroxyl groups excluding tert-OH is 1. The zero-order valence-corrected chi connectivity index (χ0v) is 13.3. The number of rotatable bonds is 2. The number of sulfonamides is 1. The van der Waals surface area contributed by atoms with Gasteiger partial charge in [-0.2, -0.15) is 4.31 Å². The van der Waals surface area contributed by atoms with Crippen molar-refractivity contribution in [2.24, 2.45) is 5.92 Å². The van der Waals surface area contributed by atoms with E-state index in [1.807, 2.05) is 0 Å². The summed E-state index contributed by atoms with van der Waals surface area (Å²) in [4.78, 5) is -0.0556. The van der Waals surface area contributed by atoms with Gasteiger partial charge in [0.15, 0.2) is 0 Å². The summed E-state index contributed by atoms with van der Waals surface area (Å²) in [6, 6.07) is 2.16. The summed E-state index contributed by atoms with van der Waals surface area (Å²) >= 11 is 3.06. The van der Waals surface area contributed by atoms with E-state index in [1.54, 1.807) is 6.92 Å². The van der Waals surface area contributed by atoms with Crippen LogP contribution < -0.4 is 5.73 Å². The lowest BCUT2D eigenvalue weighted by Gasteiger charge is -2.33. The van der Waals surface area contributed by atoms with Crippen molar-refractivity contribution in [3.05, 3.63) is 22.4 Å². The summed E-state index contributed by atoms with van der Waals surface area (Å²) in [5.74, 6) is -0.812. The van der Waals surface area contributed by atoms with Gasteiger partial charge in [-0.25, -0.2) is 12.8 Å². The number of anilines is 1. The molecule has 0 spiro atoms. The third-order valence-electron chi connectivity index (χ3n) is 3.49. The molecule has 0 saturated carbocycles. The molecule has 112 valence electrons. The second-order valence-corrected chi connectivity index (χ2v) is 7.76. The maximum atomic E-state index is 13.3. The van der Waals surface area contributed by atoms with Crippen LogP contribution >= 0.6 is 15.9 Å². The summed E-state index contributed by atoms with van der Waals surface area (Å²) in [6.07, 6.45) is -0.113. The van der Waals surface area contributed by atoms with Crippen LogP contribution in [-0.2, 0) is 10.0 Å². The third kappa shape index (κ3) is 2.83. The van der Waals surface area contributed by atoms with Crippen molar-refractivity contribution < 1.29 is 17.9 Å². The largest absolute Gasteiger partial charge is 0.396 e. The topological polar surface area (TPSA) is 83.6 Å². The summed E-state index contributed by atoms with van der Waals surface area (Å²) in [5, 5.41) is 9.67. The first-order valence-corrected chi connectivity index (χ1v) is 8.39. The molecule has 1 aliphatic rings. The predicted octanol–water partition coefficient (Wildman–Crippen LogP) is 1.56. The molecule has 8 heteroatoms. The predicted molar refractivity (Wildman–Crippen MR) is 77.1 cm³/mol. The summed E-state index contributed by atoms with van der Waals surface area (Å²) in [6.45, 7) is 2.26. The quantitative estimate of drug-likeness (QED) is 0.778. The maximum absolute atomic E-state index is 13.3. The molecule has 3 N–H and O–H groups in total. The van der Waals surface area contributed by atoms with Gasteiger partial charge < -0.3 is 10.8 Å². The molecule has 0 aliphatic carbocycles. The first kappa shape index (κ1) is 15.7. The van der Waals surface area contributed by atoms with Crippen molar-refractivity contribution >= 4 is 31.6 Å². The zero-order valence-electron chi connectivity index (χ0n) is 10.9. The van der Waals surface area contributed by atoms with Gasteiger partial charge in [-0.15, -0.1) is 0 Å². The first-order valence-electron chi connectivity index (χ1n) is 6.16. The van der Waals surface area contributed by atoms with E-state index in [2.05, 4.69) is 15.9 Å². The van der Waals surface area contributed by atoms with E-state index >= 15 is 0 Å². The Kier molecular flexibility index (Phi) is 4.38.